The fraction of sp³-hybridized carbons (Fsp3) is 0.476. The van der Waals surface area contributed by atoms with E-state index >= 15 is 0 Å². The van der Waals surface area contributed by atoms with Crippen molar-refractivity contribution in [3.8, 4) is 0 Å². The van der Waals surface area contributed by atoms with Crippen LogP contribution in [0, 0.1) is 11.8 Å². The van der Waals surface area contributed by atoms with E-state index in [9.17, 15) is 14.4 Å². The molecule has 3 aliphatic heterocycles. The molecule has 28 heavy (non-hydrogen) atoms. The highest BCUT2D eigenvalue weighted by Crippen LogP contribution is 2.52. The van der Waals surface area contributed by atoms with Crippen molar-refractivity contribution in [3.05, 3.63) is 42.0 Å². The van der Waals surface area contributed by atoms with Crippen LogP contribution < -0.4 is 5.32 Å². The third kappa shape index (κ3) is 2.90. The summed E-state index contributed by atoms with van der Waals surface area (Å²) in [6.07, 6.45) is 4.09. The Hall–Kier alpha value is -2.67. The molecule has 4 atom stereocenters. The van der Waals surface area contributed by atoms with E-state index in [1.807, 2.05) is 43.3 Å². The topological polar surface area (TPSA) is 84.9 Å². The predicted octanol–water partition coefficient (Wildman–Crippen LogP) is 1.53. The molecule has 148 valence electrons. The zero-order valence-corrected chi connectivity index (χ0v) is 16.0. The average molecular weight is 384 g/mol. The number of hydrogen-bond acceptors (Lipinski definition) is 5. The van der Waals surface area contributed by atoms with E-state index in [0.29, 0.717) is 0 Å². The third-order valence-electron chi connectivity index (χ3n) is 5.76. The predicted molar refractivity (Wildman–Crippen MR) is 101 cm³/mol. The molecule has 2 amide bonds. The molecule has 7 heteroatoms. The molecule has 1 aromatic carbocycles. The monoisotopic (exact) mass is 384 g/mol. The largest absolute Gasteiger partial charge is 0.465 e. The molecule has 2 bridgehead atoms. The highest BCUT2D eigenvalue weighted by atomic mass is 16.5. The summed E-state index contributed by atoms with van der Waals surface area (Å²) in [6, 6.07) is 7.63. The van der Waals surface area contributed by atoms with Gasteiger partial charge in [0, 0.05) is 5.69 Å². The molecule has 2 fully saturated rings. The summed E-state index contributed by atoms with van der Waals surface area (Å²) < 4.78 is 11.0. The van der Waals surface area contributed by atoms with Crippen molar-refractivity contribution in [3.63, 3.8) is 0 Å². The molecular weight excluding hydrogens is 360 g/mol. The first-order valence-electron chi connectivity index (χ1n) is 9.69. The number of aryl methyl sites for hydroxylation is 1. The van der Waals surface area contributed by atoms with Crippen molar-refractivity contribution < 1.29 is 23.9 Å². The second-order valence-electron chi connectivity index (χ2n) is 7.40. The number of likely N-dealkylation sites (tertiary alicyclic amines) is 1. The lowest BCUT2D eigenvalue weighted by molar-refractivity contribution is -0.148. The van der Waals surface area contributed by atoms with E-state index in [1.165, 1.54) is 4.90 Å². The van der Waals surface area contributed by atoms with E-state index in [4.69, 9.17) is 9.47 Å². The molecule has 0 aromatic heterocycles. The van der Waals surface area contributed by atoms with E-state index in [0.717, 1.165) is 17.7 Å². The quantitative estimate of drug-likeness (QED) is 0.594. The summed E-state index contributed by atoms with van der Waals surface area (Å²) in [5, 5.41) is 2.98. The molecule has 1 N–H and O–H groups in total. The van der Waals surface area contributed by atoms with Gasteiger partial charge in [0.15, 0.2) is 0 Å². The van der Waals surface area contributed by atoms with Crippen LogP contribution in [0.1, 0.15) is 19.4 Å². The normalized spacial score (nSPS) is 29.9. The summed E-state index contributed by atoms with van der Waals surface area (Å²) in [6.45, 7) is 4.14. The fourth-order valence-corrected chi connectivity index (χ4v) is 4.54. The van der Waals surface area contributed by atoms with E-state index in [2.05, 4.69) is 5.32 Å². The van der Waals surface area contributed by atoms with Crippen molar-refractivity contribution >= 4 is 23.5 Å². The molecule has 3 aliphatic rings. The zero-order chi connectivity index (χ0) is 19.9. The molecule has 0 radical (unpaired) electrons. The van der Waals surface area contributed by atoms with Gasteiger partial charge in [-0.25, -0.2) is 0 Å². The number of fused-ring (bicyclic) bond motifs is 1. The van der Waals surface area contributed by atoms with Crippen LogP contribution in [0.2, 0.25) is 0 Å². The summed E-state index contributed by atoms with van der Waals surface area (Å²) >= 11 is 0. The second-order valence-corrected chi connectivity index (χ2v) is 7.40. The van der Waals surface area contributed by atoms with Crippen LogP contribution in [0.15, 0.2) is 36.4 Å². The molecule has 4 unspecified atom stereocenters. The Kier molecular flexibility index (Phi) is 4.71. The fourth-order valence-electron chi connectivity index (χ4n) is 4.54. The number of esters is 1. The van der Waals surface area contributed by atoms with Crippen LogP contribution >= 0.6 is 0 Å². The van der Waals surface area contributed by atoms with Gasteiger partial charge in [-0.15, -0.1) is 0 Å². The van der Waals surface area contributed by atoms with Gasteiger partial charge in [-0.05, 0) is 25.0 Å². The standard InChI is InChI=1S/C21H24N2O5/c1-3-13-7-5-6-8-14(13)22-19(25)17-15-9-10-21(28-15)12-23(20(26)18(17)21)11-16(24)27-4-2/h5-10,15,17-18H,3-4,11-12H2,1-2H3,(H,22,25). The van der Waals surface area contributed by atoms with Crippen LogP contribution in [0.25, 0.3) is 0 Å². The van der Waals surface area contributed by atoms with Crippen LogP contribution in [0.5, 0.6) is 0 Å². The summed E-state index contributed by atoms with van der Waals surface area (Å²) in [5.74, 6) is -2.15. The minimum absolute atomic E-state index is 0.125. The lowest BCUT2D eigenvalue weighted by Crippen LogP contribution is -2.42. The SMILES string of the molecule is CCOC(=O)CN1CC23C=CC(O2)C(C(=O)Nc2ccccc2CC)C3C1=O. The van der Waals surface area contributed by atoms with Crippen molar-refractivity contribution in [1.29, 1.82) is 0 Å². The minimum Gasteiger partial charge on any atom is -0.465 e. The lowest BCUT2D eigenvalue weighted by atomic mass is 9.76. The van der Waals surface area contributed by atoms with Crippen molar-refractivity contribution in [2.75, 3.05) is 25.0 Å². The maximum atomic E-state index is 13.1. The van der Waals surface area contributed by atoms with Gasteiger partial charge in [-0.2, -0.15) is 0 Å². The van der Waals surface area contributed by atoms with Gasteiger partial charge in [0.05, 0.1) is 31.1 Å². The number of anilines is 1. The highest BCUT2D eigenvalue weighted by Gasteiger charge is 2.66. The zero-order valence-electron chi connectivity index (χ0n) is 16.0. The first-order chi connectivity index (χ1) is 13.5. The van der Waals surface area contributed by atoms with Gasteiger partial charge in [-0.1, -0.05) is 37.3 Å². The second kappa shape index (κ2) is 7.05. The molecule has 0 aliphatic carbocycles. The van der Waals surface area contributed by atoms with Gasteiger partial charge in [-0.3, -0.25) is 14.4 Å². The number of carbonyl (C=O) groups excluding carboxylic acids is 3. The maximum Gasteiger partial charge on any atom is 0.325 e. The number of amides is 2. The number of nitrogens with one attached hydrogen (secondary N) is 1. The lowest BCUT2D eigenvalue weighted by Gasteiger charge is -2.24. The molecule has 3 heterocycles. The van der Waals surface area contributed by atoms with E-state index in [-0.39, 0.29) is 31.5 Å². The Balaban J connectivity index is 1.55. The van der Waals surface area contributed by atoms with Gasteiger partial charge in [0.1, 0.15) is 12.1 Å². The van der Waals surface area contributed by atoms with Crippen LogP contribution in [-0.2, 0) is 30.3 Å². The molecular formula is C21H24N2O5. The molecule has 7 nitrogen and oxygen atoms in total. The Morgan fingerprint density at radius 1 is 1.32 bits per heavy atom. The molecule has 0 saturated carbocycles. The van der Waals surface area contributed by atoms with Gasteiger partial charge < -0.3 is 19.7 Å². The van der Waals surface area contributed by atoms with Crippen LogP contribution in [0.3, 0.4) is 0 Å². The van der Waals surface area contributed by atoms with Gasteiger partial charge >= 0.3 is 5.97 Å². The summed E-state index contributed by atoms with van der Waals surface area (Å²) in [7, 11) is 0. The summed E-state index contributed by atoms with van der Waals surface area (Å²) in [5.41, 5.74) is 0.956. The highest BCUT2D eigenvalue weighted by molar-refractivity contribution is 6.00. The first-order valence-corrected chi connectivity index (χ1v) is 9.69. The van der Waals surface area contributed by atoms with Gasteiger partial charge in [0.25, 0.3) is 0 Å². The van der Waals surface area contributed by atoms with Gasteiger partial charge in [0.2, 0.25) is 11.8 Å². The number of para-hydroxylation sites is 1. The first kappa shape index (κ1) is 18.7. The smallest absolute Gasteiger partial charge is 0.325 e. The molecule has 4 rings (SSSR count). The number of nitrogens with zero attached hydrogens (tertiary/aromatic N) is 1. The van der Waals surface area contributed by atoms with Crippen LogP contribution in [0.4, 0.5) is 5.69 Å². The number of hydrogen-bond donors (Lipinski definition) is 1. The molecule has 1 spiro atoms. The van der Waals surface area contributed by atoms with Crippen molar-refractivity contribution in [2.24, 2.45) is 11.8 Å². The molecule has 1 aromatic rings. The Morgan fingerprint density at radius 2 is 2.11 bits per heavy atom. The summed E-state index contributed by atoms with van der Waals surface area (Å²) in [4.78, 5) is 39.4. The Bertz CT molecular complexity index is 851. The third-order valence-corrected chi connectivity index (χ3v) is 5.76. The maximum absolute atomic E-state index is 13.1. The van der Waals surface area contributed by atoms with E-state index < -0.39 is 29.5 Å². The Labute approximate surface area is 163 Å². The molecule has 2 saturated heterocycles. The minimum atomic E-state index is -0.833. The number of carbonyl (C=O) groups is 3. The van der Waals surface area contributed by atoms with Crippen molar-refractivity contribution in [2.45, 2.75) is 32.0 Å². The van der Waals surface area contributed by atoms with E-state index in [1.54, 1.807) is 6.92 Å². The van der Waals surface area contributed by atoms with Crippen LogP contribution in [-0.4, -0.2) is 54.1 Å². The number of benzene rings is 1. The Morgan fingerprint density at radius 3 is 2.86 bits per heavy atom. The average Bonchev–Trinajstić information content (AvgIpc) is 3.31. The van der Waals surface area contributed by atoms with Crippen molar-refractivity contribution in [1.82, 2.24) is 4.90 Å². The number of rotatable bonds is 6. The number of ether oxygens (including phenoxy) is 2.